The van der Waals surface area contributed by atoms with Crippen LogP contribution in [0, 0.1) is 10.1 Å². The molecule has 88 valence electrons. The highest BCUT2D eigenvalue weighted by Gasteiger charge is 2.12. The minimum absolute atomic E-state index is 0.0559. The third-order valence-corrected chi connectivity index (χ3v) is 2.50. The molecule has 16 heavy (non-hydrogen) atoms. The Morgan fingerprint density at radius 2 is 2.12 bits per heavy atom. The second kappa shape index (κ2) is 4.77. The van der Waals surface area contributed by atoms with Crippen LogP contribution in [0.3, 0.4) is 0 Å². The van der Waals surface area contributed by atoms with E-state index in [0.29, 0.717) is 5.56 Å². The van der Waals surface area contributed by atoms with Crippen molar-refractivity contribution < 1.29 is 17.5 Å². The van der Waals surface area contributed by atoms with Gasteiger partial charge in [0.2, 0.25) is 0 Å². The Balaban J connectivity index is 2.86. The van der Waals surface area contributed by atoms with Crippen LogP contribution in [0.15, 0.2) is 18.2 Å². The number of hydrogen-bond donors (Lipinski definition) is 0. The number of nitro benzene ring substituents is 1. The van der Waals surface area contributed by atoms with Crippen molar-refractivity contribution in [2.75, 3.05) is 6.26 Å². The number of benzene rings is 1. The molecular weight excluding hydrogens is 258 g/mol. The highest BCUT2D eigenvalue weighted by Crippen LogP contribution is 2.25. The Morgan fingerprint density at radius 3 is 2.56 bits per heavy atom. The molecule has 1 aromatic carbocycles. The van der Waals surface area contributed by atoms with Gasteiger partial charge in [0.05, 0.1) is 17.8 Å². The van der Waals surface area contributed by atoms with Crippen molar-refractivity contribution in [3.63, 3.8) is 0 Å². The van der Waals surface area contributed by atoms with Gasteiger partial charge >= 0.3 is 0 Å². The van der Waals surface area contributed by atoms with Gasteiger partial charge in [-0.1, -0.05) is 11.6 Å². The largest absolute Gasteiger partial charge is 0.287 e. The zero-order chi connectivity index (χ0) is 12.3. The summed E-state index contributed by atoms with van der Waals surface area (Å²) in [4.78, 5) is 9.82. The van der Waals surface area contributed by atoms with Crippen LogP contribution >= 0.6 is 11.6 Å². The van der Waals surface area contributed by atoms with Gasteiger partial charge in [-0.3, -0.25) is 14.3 Å². The van der Waals surface area contributed by atoms with Crippen molar-refractivity contribution in [3.05, 3.63) is 38.9 Å². The van der Waals surface area contributed by atoms with Gasteiger partial charge in [-0.25, -0.2) is 0 Å². The maximum absolute atomic E-state index is 10.7. The summed E-state index contributed by atoms with van der Waals surface area (Å²) in [5, 5.41) is 10.4. The molecule has 0 aliphatic carbocycles. The Labute approximate surface area is 97.1 Å². The second-order valence-electron chi connectivity index (χ2n) is 3.01. The number of nitrogens with zero attached hydrogens (tertiary/aromatic N) is 1. The molecule has 0 aliphatic heterocycles. The Morgan fingerprint density at radius 1 is 1.50 bits per heavy atom. The molecule has 0 saturated carbocycles. The smallest absolute Gasteiger partial charge is 0.265 e. The first-order chi connectivity index (χ1) is 7.29. The van der Waals surface area contributed by atoms with Gasteiger partial charge in [-0.15, -0.1) is 0 Å². The number of halogens is 1. The molecule has 6 nitrogen and oxygen atoms in total. The summed E-state index contributed by atoms with van der Waals surface area (Å²) >= 11 is 5.63. The Kier molecular flexibility index (Phi) is 3.84. The van der Waals surface area contributed by atoms with Gasteiger partial charge in [0.15, 0.2) is 0 Å². The van der Waals surface area contributed by atoms with E-state index < -0.39 is 15.0 Å². The number of rotatable bonds is 4. The van der Waals surface area contributed by atoms with Crippen molar-refractivity contribution in [1.82, 2.24) is 0 Å². The van der Waals surface area contributed by atoms with E-state index in [0.717, 1.165) is 6.26 Å². The predicted octanol–water partition coefficient (Wildman–Crippen LogP) is 1.72. The molecule has 0 amide bonds. The molecule has 8 heteroatoms. The normalized spacial score (nSPS) is 11.4. The lowest BCUT2D eigenvalue weighted by Gasteiger charge is -2.02. The van der Waals surface area contributed by atoms with Crippen LogP contribution in [0.25, 0.3) is 0 Å². The predicted molar refractivity (Wildman–Crippen MR) is 57.7 cm³/mol. The molecule has 0 N–H and O–H groups in total. The molecule has 0 heterocycles. The minimum Gasteiger partial charge on any atom is -0.265 e. The van der Waals surface area contributed by atoms with E-state index in [1.54, 1.807) is 0 Å². The third-order valence-electron chi connectivity index (χ3n) is 1.65. The SMILES string of the molecule is CS(=O)(=O)OCc1ccc([N+](=O)[O-])c(Cl)c1. The fourth-order valence-corrected chi connectivity index (χ4v) is 1.59. The molecule has 1 aromatic rings. The van der Waals surface area contributed by atoms with Crippen molar-refractivity contribution in [2.45, 2.75) is 6.61 Å². The van der Waals surface area contributed by atoms with Gasteiger partial charge in [-0.05, 0) is 17.7 Å². The molecule has 0 atom stereocenters. The minimum atomic E-state index is -3.54. The highest BCUT2D eigenvalue weighted by molar-refractivity contribution is 7.85. The Bertz CT molecular complexity index is 513. The van der Waals surface area contributed by atoms with Gasteiger partial charge in [-0.2, -0.15) is 8.42 Å². The monoisotopic (exact) mass is 265 g/mol. The fourth-order valence-electron chi connectivity index (χ4n) is 0.963. The van der Waals surface area contributed by atoms with Crippen LogP contribution in [-0.2, 0) is 20.9 Å². The summed E-state index contributed by atoms with van der Waals surface area (Å²) in [5.41, 5.74) is 0.214. The molecule has 0 aliphatic rings. The summed E-state index contributed by atoms with van der Waals surface area (Å²) in [7, 11) is -3.54. The second-order valence-corrected chi connectivity index (χ2v) is 5.06. The average molecular weight is 266 g/mol. The maximum atomic E-state index is 10.7. The van der Waals surface area contributed by atoms with Crippen LogP contribution < -0.4 is 0 Å². The molecule has 0 bridgehead atoms. The zero-order valence-electron chi connectivity index (χ0n) is 8.21. The van der Waals surface area contributed by atoms with Crippen molar-refractivity contribution in [2.24, 2.45) is 0 Å². The lowest BCUT2D eigenvalue weighted by molar-refractivity contribution is -0.384. The molecule has 0 radical (unpaired) electrons. The van der Waals surface area contributed by atoms with Crippen molar-refractivity contribution in [3.8, 4) is 0 Å². The van der Waals surface area contributed by atoms with Gasteiger partial charge in [0.1, 0.15) is 5.02 Å². The number of hydrogen-bond acceptors (Lipinski definition) is 5. The first-order valence-corrected chi connectivity index (χ1v) is 6.26. The van der Waals surface area contributed by atoms with Crippen LogP contribution in [0.5, 0.6) is 0 Å². The Hall–Kier alpha value is -1.18. The van der Waals surface area contributed by atoms with E-state index >= 15 is 0 Å². The lowest BCUT2D eigenvalue weighted by Crippen LogP contribution is -2.02. The highest BCUT2D eigenvalue weighted by atomic mass is 35.5. The molecular formula is C8H8ClNO5S. The average Bonchev–Trinajstić information content (AvgIpc) is 2.13. The molecule has 0 fully saturated rings. The van der Waals surface area contributed by atoms with Gasteiger partial charge in [0.25, 0.3) is 15.8 Å². The molecule has 0 saturated heterocycles. The summed E-state index contributed by atoms with van der Waals surface area (Å²) in [6.07, 6.45) is 0.917. The van der Waals surface area contributed by atoms with Crippen molar-refractivity contribution >= 4 is 27.4 Å². The summed E-state index contributed by atoms with van der Waals surface area (Å²) in [6.45, 7) is -0.198. The van der Waals surface area contributed by atoms with E-state index in [1.165, 1.54) is 18.2 Å². The number of nitro groups is 1. The van der Waals surface area contributed by atoms with Crippen LogP contribution in [0.1, 0.15) is 5.56 Å². The quantitative estimate of drug-likeness (QED) is 0.470. The van der Waals surface area contributed by atoms with Crippen molar-refractivity contribution in [1.29, 1.82) is 0 Å². The maximum Gasteiger partial charge on any atom is 0.287 e. The standard InChI is InChI=1S/C8H8ClNO5S/c1-16(13,14)15-5-6-2-3-8(10(11)12)7(9)4-6/h2-4H,5H2,1H3. The van der Waals surface area contributed by atoms with E-state index in [-0.39, 0.29) is 17.3 Å². The van der Waals surface area contributed by atoms with E-state index in [1.807, 2.05) is 0 Å². The van der Waals surface area contributed by atoms with E-state index in [4.69, 9.17) is 11.6 Å². The summed E-state index contributed by atoms with van der Waals surface area (Å²) < 4.78 is 25.9. The van der Waals surface area contributed by atoms with Crippen LogP contribution in [-0.4, -0.2) is 19.6 Å². The van der Waals surface area contributed by atoms with Crippen LogP contribution in [0.4, 0.5) is 5.69 Å². The van der Waals surface area contributed by atoms with Gasteiger partial charge < -0.3 is 0 Å². The first-order valence-electron chi connectivity index (χ1n) is 4.07. The summed E-state index contributed by atoms with van der Waals surface area (Å²) in [6, 6.07) is 3.88. The molecule has 0 spiro atoms. The summed E-state index contributed by atoms with van der Waals surface area (Å²) in [5.74, 6) is 0. The van der Waals surface area contributed by atoms with E-state index in [2.05, 4.69) is 4.18 Å². The molecule has 1 rings (SSSR count). The molecule has 0 aromatic heterocycles. The molecule has 0 unspecified atom stereocenters. The topological polar surface area (TPSA) is 86.5 Å². The third kappa shape index (κ3) is 3.76. The lowest BCUT2D eigenvalue weighted by atomic mass is 10.2. The van der Waals surface area contributed by atoms with E-state index in [9.17, 15) is 18.5 Å². The van der Waals surface area contributed by atoms with Gasteiger partial charge in [0, 0.05) is 6.07 Å². The zero-order valence-corrected chi connectivity index (χ0v) is 9.79. The van der Waals surface area contributed by atoms with Crippen LogP contribution in [0.2, 0.25) is 5.02 Å². The fraction of sp³-hybridized carbons (Fsp3) is 0.250. The first kappa shape index (κ1) is 12.9.